The Morgan fingerprint density at radius 2 is 1.88 bits per heavy atom. The molecule has 1 atom stereocenters. The third-order valence-corrected chi connectivity index (χ3v) is 6.28. The molecule has 1 heterocycles. The number of hydrogen-bond acceptors (Lipinski definition) is 5. The van der Waals surface area contributed by atoms with E-state index in [1.165, 1.54) is 11.8 Å². The normalized spacial score (nSPS) is 16.5. The Balaban J connectivity index is 1.47. The van der Waals surface area contributed by atoms with Gasteiger partial charge in [-0.25, -0.2) is 0 Å². The molecule has 3 aromatic rings. The summed E-state index contributed by atoms with van der Waals surface area (Å²) in [6.45, 7) is 4.89. The van der Waals surface area contributed by atoms with E-state index in [1.807, 2.05) is 86.7 Å². The minimum absolute atomic E-state index is 0.125. The SMILES string of the molecule is CCOc1cc(/C=C2\SC(Nc3cc(Cl)ccc3C)NC2=O)ccc1OCc1ccccc1. The van der Waals surface area contributed by atoms with Crippen LogP contribution in [0.4, 0.5) is 5.69 Å². The van der Waals surface area contributed by atoms with E-state index in [0.717, 1.165) is 22.4 Å². The zero-order chi connectivity index (χ0) is 23.2. The van der Waals surface area contributed by atoms with Gasteiger partial charge in [-0.2, -0.15) is 0 Å². The summed E-state index contributed by atoms with van der Waals surface area (Å²) in [6, 6.07) is 21.3. The lowest BCUT2D eigenvalue weighted by Crippen LogP contribution is -2.31. The molecule has 1 aliphatic heterocycles. The van der Waals surface area contributed by atoms with Crippen molar-refractivity contribution in [2.75, 3.05) is 11.9 Å². The first-order valence-electron chi connectivity index (χ1n) is 10.7. The predicted molar refractivity (Wildman–Crippen MR) is 136 cm³/mol. The van der Waals surface area contributed by atoms with Crippen molar-refractivity contribution in [2.45, 2.75) is 26.0 Å². The fourth-order valence-electron chi connectivity index (χ4n) is 3.34. The lowest BCUT2D eigenvalue weighted by atomic mass is 10.2. The zero-order valence-electron chi connectivity index (χ0n) is 18.4. The standard InChI is InChI=1S/C26H25ClN2O3S/c1-3-31-23-13-19(10-12-22(23)32-16-18-7-5-4-6-8-18)14-24-25(30)29-26(33-24)28-21-15-20(27)11-9-17(21)2/h4-15,26,28H,3,16H2,1-2H3,(H,29,30)/b24-14-. The van der Waals surface area contributed by atoms with E-state index in [0.29, 0.717) is 34.6 Å². The molecule has 1 aliphatic rings. The van der Waals surface area contributed by atoms with Gasteiger partial charge in [0.1, 0.15) is 6.61 Å². The molecule has 2 N–H and O–H groups in total. The molecule has 7 heteroatoms. The highest BCUT2D eigenvalue weighted by molar-refractivity contribution is 8.05. The molecule has 1 amide bonds. The third kappa shape index (κ3) is 6.03. The van der Waals surface area contributed by atoms with Gasteiger partial charge in [-0.15, -0.1) is 0 Å². The van der Waals surface area contributed by atoms with E-state index in [2.05, 4.69) is 10.6 Å². The third-order valence-electron chi connectivity index (χ3n) is 5.02. The van der Waals surface area contributed by atoms with E-state index in [9.17, 15) is 4.79 Å². The summed E-state index contributed by atoms with van der Waals surface area (Å²) in [5.74, 6) is 1.19. The summed E-state index contributed by atoms with van der Waals surface area (Å²) in [5, 5.41) is 6.93. The number of carbonyl (C=O) groups excluding carboxylic acids is 1. The molecule has 1 fully saturated rings. The molecule has 0 saturated carbocycles. The molecule has 170 valence electrons. The van der Waals surface area contributed by atoms with Gasteiger partial charge in [0, 0.05) is 10.7 Å². The van der Waals surface area contributed by atoms with Gasteiger partial charge in [0.15, 0.2) is 17.0 Å². The molecule has 1 saturated heterocycles. The monoisotopic (exact) mass is 480 g/mol. The van der Waals surface area contributed by atoms with Gasteiger partial charge in [0.25, 0.3) is 5.91 Å². The summed E-state index contributed by atoms with van der Waals surface area (Å²) >= 11 is 7.54. The number of anilines is 1. The molecule has 0 radical (unpaired) electrons. The summed E-state index contributed by atoms with van der Waals surface area (Å²) < 4.78 is 11.8. The van der Waals surface area contributed by atoms with Crippen LogP contribution in [0.25, 0.3) is 6.08 Å². The van der Waals surface area contributed by atoms with Gasteiger partial charge in [-0.05, 0) is 60.9 Å². The molecule has 0 aromatic heterocycles. The van der Waals surface area contributed by atoms with Crippen LogP contribution in [0.1, 0.15) is 23.6 Å². The van der Waals surface area contributed by atoms with Gasteiger partial charge in [0.2, 0.25) is 0 Å². The number of nitrogens with one attached hydrogen (secondary N) is 2. The minimum atomic E-state index is -0.277. The Bertz CT molecular complexity index is 1170. The first-order valence-corrected chi connectivity index (χ1v) is 11.9. The van der Waals surface area contributed by atoms with Gasteiger partial charge in [-0.1, -0.05) is 65.8 Å². The van der Waals surface area contributed by atoms with Gasteiger partial charge in [-0.3, -0.25) is 4.79 Å². The van der Waals surface area contributed by atoms with Crippen molar-refractivity contribution < 1.29 is 14.3 Å². The van der Waals surface area contributed by atoms with Gasteiger partial charge >= 0.3 is 0 Å². The van der Waals surface area contributed by atoms with Crippen LogP contribution in [0.2, 0.25) is 5.02 Å². The molecule has 5 nitrogen and oxygen atoms in total. The highest BCUT2D eigenvalue weighted by Crippen LogP contribution is 2.34. The Morgan fingerprint density at radius 3 is 2.67 bits per heavy atom. The van der Waals surface area contributed by atoms with Crippen molar-refractivity contribution in [2.24, 2.45) is 0 Å². The molecular weight excluding hydrogens is 456 g/mol. The summed E-state index contributed by atoms with van der Waals surface area (Å²) in [7, 11) is 0. The van der Waals surface area contributed by atoms with E-state index < -0.39 is 0 Å². The number of amides is 1. The van der Waals surface area contributed by atoms with Crippen molar-refractivity contribution in [1.82, 2.24) is 5.32 Å². The first kappa shape index (κ1) is 23.1. The number of carbonyl (C=O) groups is 1. The number of ether oxygens (including phenoxy) is 2. The summed E-state index contributed by atoms with van der Waals surface area (Å²) in [6.07, 6.45) is 1.86. The maximum absolute atomic E-state index is 12.5. The van der Waals surface area contributed by atoms with Crippen LogP contribution in [0, 0.1) is 6.92 Å². The average Bonchev–Trinajstić information content (AvgIpc) is 3.15. The first-order chi connectivity index (χ1) is 16.0. The second-order valence-corrected chi connectivity index (χ2v) is 9.08. The average molecular weight is 481 g/mol. The van der Waals surface area contributed by atoms with Crippen molar-refractivity contribution in [3.63, 3.8) is 0 Å². The van der Waals surface area contributed by atoms with Crippen molar-refractivity contribution in [1.29, 1.82) is 0 Å². The van der Waals surface area contributed by atoms with E-state index in [1.54, 1.807) is 0 Å². The summed E-state index contributed by atoms with van der Waals surface area (Å²) in [5.41, 5.74) is 3.61. The van der Waals surface area contributed by atoms with Crippen molar-refractivity contribution in [3.8, 4) is 11.5 Å². The number of halogens is 1. The Kier molecular flexibility index (Phi) is 7.47. The Labute approximate surface area is 203 Å². The fraction of sp³-hybridized carbons (Fsp3) is 0.192. The van der Waals surface area contributed by atoms with Crippen LogP contribution < -0.4 is 20.1 Å². The van der Waals surface area contributed by atoms with E-state index >= 15 is 0 Å². The van der Waals surface area contributed by atoms with Crippen LogP contribution in [0.3, 0.4) is 0 Å². The molecule has 4 rings (SSSR count). The second-order valence-electron chi connectivity index (χ2n) is 7.50. The molecule has 33 heavy (non-hydrogen) atoms. The van der Waals surface area contributed by atoms with Crippen molar-refractivity contribution >= 4 is 41.0 Å². The lowest BCUT2D eigenvalue weighted by molar-refractivity contribution is -0.116. The highest BCUT2D eigenvalue weighted by atomic mass is 35.5. The van der Waals surface area contributed by atoms with Crippen LogP contribution in [0.5, 0.6) is 11.5 Å². The molecular formula is C26H25ClN2O3S. The smallest absolute Gasteiger partial charge is 0.260 e. The van der Waals surface area contributed by atoms with E-state index in [4.69, 9.17) is 21.1 Å². The molecule has 3 aromatic carbocycles. The molecule has 0 bridgehead atoms. The van der Waals surface area contributed by atoms with Crippen LogP contribution in [-0.4, -0.2) is 18.0 Å². The number of hydrogen-bond donors (Lipinski definition) is 2. The number of rotatable bonds is 8. The van der Waals surface area contributed by atoms with Crippen LogP contribution in [0.15, 0.2) is 71.6 Å². The second kappa shape index (κ2) is 10.7. The van der Waals surface area contributed by atoms with Crippen LogP contribution in [-0.2, 0) is 11.4 Å². The molecule has 0 aliphatic carbocycles. The van der Waals surface area contributed by atoms with Gasteiger partial charge < -0.3 is 20.1 Å². The maximum Gasteiger partial charge on any atom is 0.260 e. The van der Waals surface area contributed by atoms with Crippen molar-refractivity contribution in [3.05, 3.63) is 93.3 Å². The fourth-order valence-corrected chi connectivity index (χ4v) is 4.49. The molecule has 0 spiro atoms. The minimum Gasteiger partial charge on any atom is -0.490 e. The van der Waals surface area contributed by atoms with Gasteiger partial charge in [0.05, 0.1) is 11.5 Å². The molecule has 1 unspecified atom stereocenters. The van der Waals surface area contributed by atoms with Crippen LogP contribution >= 0.6 is 23.4 Å². The summed E-state index contributed by atoms with van der Waals surface area (Å²) in [4.78, 5) is 13.2. The Morgan fingerprint density at radius 1 is 1.06 bits per heavy atom. The lowest BCUT2D eigenvalue weighted by Gasteiger charge is -2.15. The number of thioether (sulfide) groups is 1. The Hall–Kier alpha value is -3.09. The maximum atomic E-state index is 12.5. The topological polar surface area (TPSA) is 59.6 Å². The predicted octanol–water partition coefficient (Wildman–Crippen LogP) is 6.23. The number of benzene rings is 3. The zero-order valence-corrected chi connectivity index (χ0v) is 20.0. The number of aryl methyl sites for hydroxylation is 1. The highest BCUT2D eigenvalue weighted by Gasteiger charge is 2.27. The largest absolute Gasteiger partial charge is 0.490 e. The quantitative estimate of drug-likeness (QED) is 0.374. The van der Waals surface area contributed by atoms with E-state index in [-0.39, 0.29) is 11.4 Å².